The lowest BCUT2D eigenvalue weighted by Gasteiger charge is -2.37. The highest BCUT2D eigenvalue weighted by molar-refractivity contribution is 5.19. The van der Waals surface area contributed by atoms with Gasteiger partial charge in [-0.3, -0.25) is 0 Å². The van der Waals surface area contributed by atoms with E-state index in [9.17, 15) is 0 Å². The van der Waals surface area contributed by atoms with Gasteiger partial charge in [-0.25, -0.2) is 0 Å². The van der Waals surface area contributed by atoms with E-state index in [-0.39, 0.29) is 12.4 Å². The van der Waals surface area contributed by atoms with Crippen LogP contribution in [0, 0.1) is 11.3 Å². The predicted octanol–water partition coefficient (Wildman–Crippen LogP) is 1.02. The highest BCUT2D eigenvalue weighted by Crippen LogP contribution is 2.41. The lowest BCUT2D eigenvalue weighted by molar-refractivity contribution is -0.887. The van der Waals surface area contributed by atoms with Gasteiger partial charge in [-0.1, -0.05) is 31.6 Å². The maximum Gasteiger partial charge on any atom is 0.104 e. The Balaban J connectivity index is 0.00000289. The van der Waals surface area contributed by atoms with E-state index >= 15 is 0 Å². The Hall–Kier alpha value is -0.270. The zero-order valence-corrected chi connectivity index (χ0v) is 13.9. The van der Waals surface area contributed by atoms with Crippen molar-refractivity contribution < 1.29 is 16.9 Å². The largest absolute Gasteiger partial charge is 1.00 e. The summed E-state index contributed by atoms with van der Waals surface area (Å²) in [5.74, 6) is 0.616. The van der Waals surface area contributed by atoms with Crippen molar-refractivity contribution in [2.45, 2.75) is 46.6 Å². The summed E-state index contributed by atoms with van der Waals surface area (Å²) in [6.07, 6.45) is 9.80. The van der Waals surface area contributed by atoms with Gasteiger partial charge in [0.05, 0.1) is 21.1 Å². The number of allylic oxidation sites excluding steroid dienone is 3. The molecule has 0 bridgehead atoms. The van der Waals surface area contributed by atoms with Gasteiger partial charge in [-0.2, -0.15) is 0 Å². The number of halogens is 1. The Kier molecular flexibility index (Phi) is 6.16. The predicted molar refractivity (Wildman–Crippen MR) is 76.9 cm³/mol. The molecule has 0 spiro atoms. The molecule has 0 fully saturated rings. The fraction of sp³-hybridized carbons (Fsp3) is 0.750. The van der Waals surface area contributed by atoms with E-state index in [1.165, 1.54) is 12.8 Å². The normalized spacial score (nSPS) is 25.5. The SMILES string of the molecule is CC1=CCCC(C)(C)C1/C=C/C(C)[N+](C)(C)C.[Cl-]. The Morgan fingerprint density at radius 3 is 2.33 bits per heavy atom. The second kappa shape index (κ2) is 6.25. The van der Waals surface area contributed by atoms with Crippen LogP contribution in [0.3, 0.4) is 0 Å². The summed E-state index contributed by atoms with van der Waals surface area (Å²) in [5, 5.41) is 0. The summed E-state index contributed by atoms with van der Waals surface area (Å²) < 4.78 is 0.992. The molecule has 0 radical (unpaired) electrons. The topological polar surface area (TPSA) is 0 Å². The molecule has 0 aliphatic heterocycles. The molecule has 1 nitrogen and oxygen atoms in total. The number of likely N-dealkylation sites (N-methyl/N-ethyl adjacent to an activating group) is 1. The van der Waals surface area contributed by atoms with Gasteiger partial charge in [0.15, 0.2) is 0 Å². The average molecular weight is 272 g/mol. The quantitative estimate of drug-likeness (QED) is 0.531. The molecular formula is C16H30ClN. The zero-order valence-electron chi connectivity index (χ0n) is 13.1. The summed E-state index contributed by atoms with van der Waals surface area (Å²) in [5.41, 5.74) is 1.96. The van der Waals surface area contributed by atoms with Gasteiger partial charge in [0.1, 0.15) is 6.04 Å². The Labute approximate surface area is 120 Å². The number of nitrogens with zero attached hydrogens (tertiary/aromatic N) is 1. The summed E-state index contributed by atoms with van der Waals surface area (Å²) in [6, 6.07) is 0.570. The Bertz CT molecular complexity index is 320. The summed E-state index contributed by atoms with van der Waals surface area (Å²) in [6.45, 7) is 9.38. The second-order valence-electron chi connectivity index (χ2n) is 7.19. The van der Waals surface area contributed by atoms with Crippen LogP contribution >= 0.6 is 0 Å². The lowest BCUT2D eigenvalue weighted by atomic mass is 9.68. The molecule has 1 aliphatic rings. The highest BCUT2D eigenvalue weighted by atomic mass is 35.5. The van der Waals surface area contributed by atoms with Crippen molar-refractivity contribution in [3.05, 3.63) is 23.8 Å². The number of quaternary nitrogens is 1. The van der Waals surface area contributed by atoms with Crippen LogP contribution in [-0.4, -0.2) is 31.7 Å². The molecule has 0 aromatic heterocycles. The van der Waals surface area contributed by atoms with Gasteiger partial charge < -0.3 is 16.9 Å². The molecule has 18 heavy (non-hydrogen) atoms. The van der Waals surface area contributed by atoms with Crippen LogP contribution < -0.4 is 12.4 Å². The monoisotopic (exact) mass is 271 g/mol. The first-order valence-corrected chi connectivity index (χ1v) is 6.81. The standard InChI is InChI=1S/C16H30N.ClH/c1-13-9-8-12-16(3,4)15(13)11-10-14(2)17(5,6)7;/h9-11,14-15H,8,12H2,1-7H3;1H/q+1;/p-1/b11-10+;. The van der Waals surface area contributed by atoms with Crippen molar-refractivity contribution in [2.24, 2.45) is 11.3 Å². The smallest absolute Gasteiger partial charge is 0.104 e. The van der Waals surface area contributed by atoms with E-state index in [2.05, 4.69) is 67.1 Å². The third kappa shape index (κ3) is 4.44. The van der Waals surface area contributed by atoms with Crippen molar-refractivity contribution in [1.29, 1.82) is 0 Å². The average Bonchev–Trinajstić information content (AvgIpc) is 2.14. The minimum Gasteiger partial charge on any atom is -1.00 e. The maximum atomic E-state index is 2.44. The minimum absolute atomic E-state index is 0. The maximum absolute atomic E-state index is 2.44. The number of hydrogen-bond acceptors (Lipinski definition) is 0. The van der Waals surface area contributed by atoms with Crippen molar-refractivity contribution in [1.82, 2.24) is 0 Å². The molecule has 106 valence electrons. The summed E-state index contributed by atoms with van der Waals surface area (Å²) >= 11 is 0. The van der Waals surface area contributed by atoms with E-state index in [0.717, 1.165) is 4.48 Å². The first-order valence-electron chi connectivity index (χ1n) is 6.81. The molecule has 1 aliphatic carbocycles. The minimum atomic E-state index is 0. The summed E-state index contributed by atoms with van der Waals surface area (Å²) in [7, 11) is 6.76. The fourth-order valence-corrected chi connectivity index (χ4v) is 2.51. The Morgan fingerprint density at radius 2 is 1.89 bits per heavy atom. The number of rotatable bonds is 3. The molecule has 0 saturated heterocycles. The molecule has 2 heteroatoms. The number of hydrogen-bond donors (Lipinski definition) is 0. The Morgan fingerprint density at radius 1 is 1.33 bits per heavy atom. The van der Waals surface area contributed by atoms with Gasteiger partial charge in [0, 0.05) is 5.92 Å². The van der Waals surface area contributed by atoms with E-state index in [0.29, 0.717) is 17.4 Å². The molecule has 0 saturated carbocycles. The van der Waals surface area contributed by atoms with Crippen LogP contribution in [0.25, 0.3) is 0 Å². The van der Waals surface area contributed by atoms with Crippen LogP contribution in [0.5, 0.6) is 0 Å². The van der Waals surface area contributed by atoms with Gasteiger partial charge in [-0.05, 0) is 38.2 Å². The van der Waals surface area contributed by atoms with Crippen molar-refractivity contribution in [3.8, 4) is 0 Å². The summed E-state index contributed by atoms with van der Waals surface area (Å²) in [4.78, 5) is 0. The first kappa shape index (κ1) is 17.7. The molecule has 0 amide bonds. The molecule has 0 aromatic rings. The third-order valence-corrected chi connectivity index (χ3v) is 4.39. The fourth-order valence-electron chi connectivity index (χ4n) is 2.51. The van der Waals surface area contributed by atoms with E-state index < -0.39 is 0 Å². The van der Waals surface area contributed by atoms with Crippen LogP contribution in [0.15, 0.2) is 23.8 Å². The molecule has 2 atom stereocenters. The van der Waals surface area contributed by atoms with E-state index in [4.69, 9.17) is 0 Å². The highest BCUT2D eigenvalue weighted by Gasteiger charge is 2.31. The van der Waals surface area contributed by atoms with Gasteiger partial charge in [0.2, 0.25) is 0 Å². The lowest BCUT2D eigenvalue weighted by Crippen LogP contribution is -3.00. The molecule has 0 N–H and O–H groups in total. The third-order valence-electron chi connectivity index (χ3n) is 4.39. The van der Waals surface area contributed by atoms with Crippen LogP contribution in [0.2, 0.25) is 0 Å². The molecular weight excluding hydrogens is 242 g/mol. The van der Waals surface area contributed by atoms with E-state index in [1.54, 1.807) is 5.57 Å². The van der Waals surface area contributed by atoms with Crippen LogP contribution in [0.1, 0.15) is 40.5 Å². The van der Waals surface area contributed by atoms with Crippen molar-refractivity contribution in [2.75, 3.05) is 21.1 Å². The first-order chi connectivity index (χ1) is 7.64. The van der Waals surface area contributed by atoms with Crippen LogP contribution in [-0.2, 0) is 0 Å². The molecule has 1 rings (SSSR count). The second-order valence-corrected chi connectivity index (χ2v) is 7.19. The van der Waals surface area contributed by atoms with Crippen LogP contribution in [0.4, 0.5) is 0 Å². The molecule has 0 heterocycles. The zero-order chi connectivity index (χ0) is 13.3. The van der Waals surface area contributed by atoms with Gasteiger partial charge >= 0.3 is 0 Å². The van der Waals surface area contributed by atoms with Crippen molar-refractivity contribution >= 4 is 0 Å². The van der Waals surface area contributed by atoms with E-state index in [1.807, 2.05) is 0 Å². The molecule has 0 aromatic carbocycles. The molecule has 2 unspecified atom stereocenters. The van der Waals surface area contributed by atoms with Crippen molar-refractivity contribution in [3.63, 3.8) is 0 Å². The van der Waals surface area contributed by atoms with Gasteiger partial charge in [-0.15, -0.1) is 0 Å². The van der Waals surface area contributed by atoms with Gasteiger partial charge in [0.25, 0.3) is 0 Å².